The summed E-state index contributed by atoms with van der Waals surface area (Å²) in [5, 5.41) is 9.15. The molecule has 0 saturated carbocycles. The molecule has 11 heteroatoms. The number of ether oxygens (including phenoxy) is 1. The van der Waals surface area contributed by atoms with Gasteiger partial charge in [-0.2, -0.15) is 5.10 Å². The van der Waals surface area contributed by atoms with E-state index in [0.717, 1.165) is 42.4 Å². The summed E-state index contributed by atoms with van der Waals surface area (Å²) in [5.74, 6) is 2.03. The van der Waals surface area contributed by atoms with Gasteiger partial charge >= 0.3 is 6.16 Å². The summed E-state index contributed by atoms with van der Waals surface area (Å²) in [5.41, 5.74) is 1.28. The summed E-state index contributed by atoms with van der Waals surface area (Å²) in [6.45, 7) is 7.67. The second kappa shape index (κ2) is 10.7. The summed E-state index contributed by atoms with van der Waals surface area (Å²) in [6, 6.07) is 9.80. The molecule has 11 nitrogen and oxygen atoms in total. The van der Waals surface area contributed by atoms with Crippen LogP contribution in [0.2, 0.25) is 0 Å². The Bertz CT molecular complexity index is 1090. The van der Waals surface area contributed by atoms with E-state index < -0.39 is 11.8 Å². The Morgan fingerprint density at radius 2 is 1.89 bits per heavy atom. The first-order valence-corrected chi connectivity index (χ1v) is 11.7. The van der Waals surface area contributed by atoms with Gasteiger partial charge in [-0.25, -0.2) is 24.4 Å². The Kier molecular flexibility index (Phi) is 7.45. The second-order valence-electron chi connectivity index (χ2n) is 9.58. The number of benzene rings is 1. The van der Waals surface area contributed by atoms with Crippen molar-refractivity contribution < 1.29 is 14.4 Å². The van der Waals surface area contributed by atoms with Crippen molar-refractivity contribution in [2.45, 2.75) is 39.2 Å². The molecule has 3 heterocycles. The first-order chi connectivity index (χ1) is 16.7. The Morgan fingerprint density at radius 1 is 1.14 bits per heavy atom. The smallest absolute Gasteiger partial charge is 0.427 e. The second-order valence-corrected chi connectivity index (χ2v) is 9.58. The number of hydrogen-bond donors (Lipinski definition) is 1. The summed E-state index contributed by atoms with van der Waals surface area (Å²) < 4.78 is 6.93. The van der Waals surface area contributed by atoms with Crippen LogP contribution in [0.25, 0.3) is 5.69 Å². The molecular weight excluding hydrogens is 448 g/mol. The van der Waals surface area contributed by atoms with Crippen molar-refractivity contribution >= 4 is 23.5 Å². The number of nitrogens with zero attached hydrogens (tertiary/aromatic N) is 7. The Morgan fingerprint density at radius 3 is 2.54 bits per heavy atom. The van der Waals surface area contributed by atoms with Crippen LogP contribution in [0.1, 0.15) is 33.6 Å². The van der Waals surface area contributed by atoms with Crippen LogP contribution < -0.4 is 10.2 Å². The molecule has 0 bridgehead atoms. The van der Waals surface area contributed by atoms with E-state index in [-0.39, 0.29) is 0 Å². The van der Waals surface area contributed by atoms with Crippen molar-refractivity contribution in [3.05, 3.63) is 49.3 Å². The lowest BCUT2D eigenvalue weighted by molar-refractivity contribution is -0.154. The molecule has 1 aliphatic heterocycles. The third kappa shape index (κ3) is 7.12. The number of anilines is 3. The molecule has 35 heavy (non-hydrogen) atoms. The van der Waals surface area contributed by atoms with Gasteiger partial charge in [0.25, 0.3) is 0 Å². The van der Waals surface area contributed by atoms with E-state index in [1.165, 1.54) is 6.33 Å². The maximum Gasteiger partial charge on any atom is 0.528 e. The molecule has 0 spiro atoms. The van der Waals surface area contributed by atoms with Crippen molar-refractivity contribution in [3.8, 4) is 5.69 Å². The molecule has 0 radical (unpaired) electrons. The zero-order chi connectivity index (χ0) is 24.8. The number of rotatable bonds is 7. The third-order valence-electron chi connectivity index (χ3n) is 5.57. The molecule has 0 atom stereocenters. The predicted octanol–water partition coefficient (Wildman–Crippen LogP) is 3.82. The van der Waals surface area contributed by atoms with Gasteiger partial charge in [0.15, 0.2) is 0 Å². The normalized spacial score (nSPS) is 15.0. The van der Waals surface area contributed by atoms with E-state index in [9.17, 15) is 4.79 Å². The van der Waals surface area contributed by atoms with Gasteiger partial charge in [-0.05, 0) is 63.8 Å². The topological polar surface area (TPSA) is 111 Å². The lowest BCUT2D eigenvalue weighted by Gasteiger charge is -2.33. The van der Waals surface area contributed by atoms with Gasteiger partial charge in [-0.15, -0.1) is 5.06 Å². The highest BCUT2D eigenvalue weighted by Gasteiger charge is 2.26. The Balaban J connectivity index is 1.27. The van der Waals surface area contributed by atoms with Gasteiger partial charge in [0.1, 0.15) is 36.2 Å². The van der Waals surface area contributed by atoms with Crippen LogP contribution in [0.15, 0.2) is 49.3 Å². The Hall–Kier alpha value is -3.73. The minimum absolute atomic E-state index is 0.467. The highest BCUT2D eigenvalue weighted by Crippen LogP contribution is 2.23. The highest BCUT2D eigenvalue weighted by atomic mass is 16.8. The third-order valence-corrected chi connectivity index (χ3v) is 5.57. The van der Waals surface area contributed by atoms with Gasteiger partial charge in [0.05, 0.1) is 5.69 Å². The monoisotopic (exact) mass is 480 g/mol. The zero-order valence-electron chi connectivity index (χ0n) is 20.6. The fourth-order valence-corrected chi connectivity index (χ4v) is 3.85. The number of piperidine rings is 1. The molecule has 186 valence electrons. The molecule has 1 N–H and O–H groups in total. The fourth-order valence-electron chi connectivity index (χ4n) is 3.85. The Labute approximate surface area is 205 Å². The van der Waals surface area contributed by atoms with Crippen LogP contribution in [0.4, 0.5) is 22.1 Å². The first-order valence-electron chi connectivity index (χ1n) is 11.7. The van der Waals surface area contributed by atoms with Crippen molar-refractivity contribution in [3.63, 3.8) is 0 Å². The largest absolute Gasteiger partial charge is 0.528 e. The molecule has 0 aliphatic carbocycles. The number of nitrogens with one attached hydrogen (secondary N) is 1. The average Bonchev–Trinajstić information content (AvgIpc) is 3.35. The molecule has 1 fully saturated rings. The van der Waals surface area contributed by atoms with Crippen LogP contribution in [0.3, 0.4) is 0 Å². The summed E-state index contributed by atoms with van der Waals surface area (Å²) >= 11 is 0. The number of hydroxylamine groups is 2. The molecule has 0 unspecified atom stereocenters. The van der Waals surface area contributed by atoms with Crippen molar-refractivity contribution in [1.82, 2.24) is 29.8 Å². The highest BCUT2D eigenvalue weighted by molar-refractivity contribution is 5.61. The molecular formula is C24H32N8O3. The quantitative estimate of drug-likeness (QED) is 0.501. The predicted molar refractivity (Wildman–Crippen MR) is 132 cm³/mol. The van der Waals surface area contributed by atoms with Gasteiger partial charge in [0.2, 0.25) is 0 Å². The summed E-state index contributed by atoms with van der Waals surface area (Å²) in [6.07, 6.45) is 5.92. The van der Waals surface area contributed by atoms with Crippen LogP contribution >= 0.6 is 0 Å². The van der Waals surface area contributed by atoms with Gasteiger partial charge in [-0.3, -0.25) is 0 Å². The van der Waals surface area contributed by atoms with E-state index >= 15 is 0 Å². The summed E-state index contributed by atoms with van der Waals surface area (Å²) in [7, 11) is 2.03. The van der Waals surface area contributed by atoms with Crippen molar-refractivity contribution in [1.29, 1.82) is 0 Å². The van der Waals surface area contributed by atoms with E-state index in [1.54, 1.807) is 22.4 Å². The zero-order valence-corrected chi connectivity index (χ0v) is 20.6. The van der Waals surface area contributed by atoms with E-state index in [0.29, 0.717) is 19.0 Å². The van der Waals surface area contributed by atoms with Gasteiger partial charge < -0.3 is 19.8 Å². The lowest BCUT2D eigenvalue weighted by Crippen LogP contribution is -2.40. The molecule has 1 aromatic carbocycles. The number of hydrogen-bond acceptors (Lipinski definition) is 10. The van der Waals surface area contributed by atoms with Crippen molar-refractivity contribution in [2.24, 2.45) is 5.92 Å². The van der Waals surface area contributed by atoms with Crippen molar-refractivity contribution in [2.75, 3.05) is 36.9 Å². The van der Waals surface area contributed by atoms with Gasteiger partial charge in [0, 0.05) is 38.4 Å². The van der Waals surface area contributed by atoms with E-state index in [1.807, 2.05) is 58.2 Å². The van der Waals surface area contributed by atoms with Gasteiger partial charge in [-0.1, -0.05) is 0 Å². The van der Waals surface area contributed by atoms with Crippen LogP contribution in [0.5, 0.6) is 0 Å². The summed E-state index contributed by atoms with van der Waals surface area (Å²) in [4.78, 5) is 32.1. The molecule has 0 amide bonds. The first kappa shape index (κ1) is 24.4. The lowest BCUT2D eigenvalue weighted by atomic mass is 9.97. The maximum atomic E-state index is 11.9. The maximum absolute atomic E-state index is 11.9. The standard InChI is InChI=1S/C24H32N8O3/c1-24(2,3)34-23(33)35-31-11-9-18(10-12-31)14-30(4)22-13-21(26-16-27-22)29-19-5-7-20(8-6-19)32-17-25-15-28-32/h5-8,13,15-18H,9-12,14H2,1-4H3,(H,26,27,29). The van der Waals surface area contributed by atoms with Crippen LogP contribution in [0, 0.1) is 5.92 Å². The van der Waals surface area contributed by atoms with E-state index in [4.69, 9.17) is 9.57 Å². The SMILES string of the molecule is CN(CC1CCN(OC(=O)OC(C)(C)C)CC1)c1cc(Nc2ccc(-n3cncn3)cc2)ncn1. The number of carbonyl (C=O) groups is 1. The average molecular weight is 481 g/mol. The molecule has 4 rings (SSSR count). The molecule has 1 aliphatic rings. The minimum Gasteiger partial charge on any atom is -0.427 e. The number of aromatic nitrogens is 5. The number of carbonyl (C=O) groups excluding carboxylic acids is 1. The molecule has 2 aromatic heterocycles. The molecule has 3 aromatic rings. The van der Waals surface area contributed by atoms with E-state index in [2.05, 4.69) is 30.3 Å². The van der Waals surface area contributed by atoms with Crippen LogP contribution in [-0.2, 0) is 9.57 Å². The van der Waals surface area contributed by atoms with Crippen LogP contribution in [-0.4, -0.2) is 68.2 Å². The molecule has 1 saturated heterocycles. The fraction of sp³-hybridized carbons (Fsp3) is 0.458. The minimum atomic E-state index is -0.651.